The Hall–Kier alpha value is -2.59. The van der Waals surface area contributed by atoms with Crippen LogP contribution in [0, 0.1) is 0 Å². The Kier molecular flexibility index (Phi) is 4.44. The number of halogens is 1. The molecule has 0 spiro atoms. The maximum absolute atomic E-state index is 12.5. The Labute approximate surface area is 139 Å². The number of amides is 1. The minimum atomic E-state index is -0.0906. The zero-order valence-corrected chi connectivity index (χ0v) is 13.4. The van der Waals surface area contributed by atoms with Gasteiger partial charge in [-0.15, -0.1) is 0 Å². The maximum atomic E-state index is 12.5. The van der Waals surface area contributed by atoms with Crippen LogP contribution in [-0.4, -0.2) is 27.6 Å². The lowest BCUT2D eigenvalue weighted by Gasteiger charge is -2.17. The number of nitrogens with zero attached hydrogens (tertiary/aromatic N) is 3. The van der Waals surface area contributed by atoms with E-state index in [4.69, 9.17) is 11.6 Å². The predicted molar refractivity (Wildman–Crippen MR) is 90.8 cm³/mol. The van der Waals surface area contributed by atoms with Crippen molar-refractivity contribution >= 4 is 17.5 Å². The first-order valence-corrected chi connectivity index (χ1v) is 7.62. The monoisotopic (exact) mass is 325 g/mol. The van der Waals surface area contributed by atoms with E-state index in [0.29, 0.717) is 17.1 Å². The Morgan fingerprint density at radius 1 is 1.13 bits per heavy atom. The van der Waals surface area contributed by atoms with Gasteiger partial charge in [0.25, 0.3) is 5.91 Å². The largest absolute Gasteiger partial charge is 0.337 e. The van der Waals surface area contributed by atoms with Gasteiger partial charge in [-0.2, -0.15) is 5.10 Å². The summed E-state index contributed by atoms with van der Waals surface area (Å²) < 4.78 is 1.69. The van der Waals surface area contributed by atoms with Crippen LogP contribution in [0.4, 0.5) is 0 Å². The fourth-order valence-corrected chi connectivity index (χ4v) is 2.53. The van der Waals surface area contributed by atoms with Crippen LogP contribution in [0.2, 0.25) is 5.02 Å². The number of hydrogen-bond donors (Lipinski definition) is 0. The fourth-order valence-electron chi connectivity index (χ4n) is 2.33. The Morgan fingerprint density at radius 2 is 1.83 bits per heavy atom. The molecule has 0 saturated heterocycles. The molecule has 0 bridgehead atoms. The smallest absolute Gasteiger partial charge is 0.257 e. The van der Waals surface area contributed by atoms with Crippen molar-refractivity contribution in [2.24, 2.45) is 0 Å². The zero-order valence-electron chi connectivity index (χ0n) is 12.7. The molecule has 0 unspecified atom stereocenters. The molecule has 116 valence electrons. The van der Waals surface area contributed by atoms with E-state index in [1.54, 1.807) is 29.0 Å². The molecule has 1 aromatic heterocycles. The van der Waals surface area contributed by atoms with Crippen molar-refractivity contribution in [1.82, 2.24) is 14.7 Å². The Bertz CT molecular complexity index is 814. The van der Waals surface area contributed by atoms with E-state index in [1.165, 1.54) is 0 Å². The van der Waals surface area contributed by atoms with Crippen LogP contribution < -0.4 is 0 Å². The van der Waals surface area contributed by atoms with E-state index in [1.807, 2.05) is 54.6 Å². The van der Waals surface area contributed by atoms with E-state index in [9.17, 15) is 4.79 Å². The van der Waals surface area contributed by atoms with E-state index < -0.39 is 0 Å². The number of aromatic nitrogens is 2. The molecule has 0 fully saturated rings. The van der Waals surface area contributed by atoms with Crippen LogP contribution in [0.3, 0.4) is 0 Å². The van der Waals surface area contributed by atoms with Gasteiger partial charge >= 0.3 is 0 Å². The molecule has 0 radical (unpaired) electrons. The number of benzene rings is 2. The summed E-state index contributed by atoms with van der Waals surface area (Å²) >= 11 is 6.15. The summed E-state index contributed by atoms with van der Waals surface area (Å²) in [5.41, 5.74) is 2.38. The van der Waals surface area contributed by atoms with E-state index in [2.05, 4.69) is 5.10 Å². The molecular formula is C18H16ClN3O. The molecule has 4 nitrogen and oxygen atoms in total. The average Bonchev–Trinajstić information content (AvgIpc) is 3.07. The van der Waals surface area contributed by atoms with Crippen molar-refractivity contribution in [2.45, 2.75) is 6.54 Å². The summed E-state index contributed by atoms with van der Waals surface area (Å²) in [6.07, 6.45) is 3.32. The van der Waals surface area contributed by atoms with Crippen LogP contribution >= 0.6 is 11.6 Å². The number of carbonyl (C=O) groups is 1. The lowest BCUT2D eigenvalue weighted by Crippen LogP contribution is -2.26. The molecule has 0 saturated carbocycles. The number of rotatable bonds is 4. The first-order chi connectivity index (χ1) is 11.1. The van der Waals surface area contributed by atoms with Crippen molar-refractivity contribution in [3.8, 4) is 5.69 Å². The summed E-state index contributed by atoms with van der Waals surface area (Å²) in [4.78, 5) is 14.2. The highest BCUT2D eigenvalue weighted by Crippen LogP contribution is 2.17. The fraction of sp³-hybridized carbons (Fsp3) is 0.111. The van der Waals surface area contributed by atoms with Gasteiger partial charge in [0.05, 0.1) is 17.4 Å². The highest BCUT2D eigenvalue weighted by atomic mass is 35.5. The van der Waals surface area contributed by atoms with Crippen molar-refractivity contribution < 1.29 is 4.79 Å². The zero-order chi connectivity index (χ0) is 16.2. The van der Waals surface area contributed by atoms with Gasteiger partial charge in [-0.1, -0.05) is 48.0 Å². The van der Waals surface area contributed by atoms with Gasteiger partial charge in [-0.3, -0.25) is 4.79 Å². The predicted octanol–water partition coefficient (Wildman–Crippen LogP) is 3.80. The van der Waals surface area contributed by atoms with Crippen LogP contribution in [0.1, 0.15) is 15.9 Å². The Morgan fingerprint density at radius 3 is 2.57 bits per heavy atom. The third-order valence-corrected chi connectivity index (χ3v) is 3.93. The minimum absolute atomic E-state index is 0.0906. The number of hydrogen-bond acceptors (Lipinski definition) is 2. The standard InChI is InChI=1S/C18H16ClN3O/c1-21(12-14-7-5-6-10-17(14)19)18(23)15-11-20-22(13-15)16-8-3-2-4-9-16/h2-11,13H,12H2,1H3. The van der Waals surface area contributed by atoms with E-state index in [0.717, 1.165) is 11.3 Å². The third kappa shape index (κ3) is 3.43. The molecule has 0 aliphatic heterocycles. The highest BCUT2D eigenvalue weighted by molar-refractivity contribution is 6.31. The molecule has 0 aliphatic rings. The quantitative estimate of drug-likeness (QED) is 0.732. The van der Waals surface area contributed by atoms with Gasteiger partial charge in [-0.05, 0) is 23.8 Å². The summed E-state index contributed by atoms with van der Waals surface area (Å²) in [6, 6.07) is 17.2. The average molecular weight is 326 g/mol. The SMILES string of the molecule is CN(Cc1ccccc1Cl)C(=O)c1cnn(-c2ccccc2)c1. The molecule has 3 rings (SSSR count). The molecule has 0 N–H and O–H groups in total. The highest BCUT2D eigenvalue weighted by Gasteiger charge is 2.15. The second-order valence-electron chi connectivity index (χ2n) is 5.26. The molecule has 23 heavy (non-hydrogen) atoms. The number of para-hydroxylation sites is 1. The topological polar surface area (TPSA) is 38.1 Å². The molecule has 5 heteroatoms. The van der Waals surface area contributed by atoms with E-state index in [-0.39, 0.29) is 5.91 Å². The molecule has 0 aliphatic carbocycles. The van der Waals surface area contributed by atoms with Gasteiger partial charge in [0.1, 0.15) is 0 Å². The van der Waals surface area contributed by atoms with Gasteiger partial charge < -0.3 is 4.90 Å². The van der Waals surface area contributed by atoms with Gasteiger partial charge in [0.15, 0.2) is 0 Å². The van der Waals surface area contributed by atoms with Crippen LogP contribution in [0.15, 0.2) is 67.0 Å². The van der Waals surface area contributed by atoms with Gasteiger partial charge in [0.2, 0.25) is 0 Å². The first-order valence-electron chi connectivity index (χ1n) is 7.24. The molecule has 2 aromatic carbocycles. The normalized spacial score (nSPS) is 10.5. The second kappa shape index (κ2) is 6.67. The van der Waals surface area contributed by atoms with Crippen molar-refractivity contribution in [1.29, 1.82) is 0 Å². The summed E-state index contributed by atoms with van der Waals surface area (Å²) in [5, 5.41) is 4.92. The number of carbonyl (C=O) groups excluding carboxylic acids is 1. The second-order valence-corrected chi connectivity index (χ2v) is 5.67. The summed E-state index contributed by atoms with van der Waals surface area (Å²) in [5.74, 6) is -0.0906. The molecular weight excluding hydrogens is 310 g/mol. The van der Waals surface area contributed by atoms with Crippen LogP contribution in [-0.2, 0) is 6.54 Å². The van der Waals surface area contributed by atoms with Gasteiger partial charge in [0, 0.05) is 24.8 Å². The third-order valence-electron chi connectivity index (χ3n) is 3.56. The minimum Gasteiger partial charge on any atom is -0.337 e. The lowest BCUT2D eigenvalue weighted by molar-refractivity contribution is 0.0785. The maximum Gasteiger partial charge on any atom is 0.257 e. The molecule has 1 heterocycles. The summed E-state index contributed by atoms with van der Waals surface area (Å²) in [7, 11) is 1.76. The van der Waals surface area contributed by atoms with Crippen molar-refractivity contribution in [3.05, 3.63) is 83.1 Å². The lowest BCUT2D eigenvalue weighted by atomic mass is 10.2. The van der Waals surface area contributed by atoms with Crippen molar-refractivity contribution in [2.75, 3.05) is 7.05 Å². The molecule has 1 amide bonds. The van der Waals surface area contributed by atoms with E-state index >= 15 is 0 Å². The molecule has 0 atom stereocenters. The van der Waals surface area contributed by atoms with Crippen molar-refractivity contribution in [3.63, 3.8) is 0 Å². The molecule has 3 aromatic rings. The van der Waals surface area contributed by atoms with Crippen LogP contribution in [0.25, 0.3) is 5.69 Å². The Balaban J connectivity index is 1.76. The summed E-state index contributed by atoms with van der Waals surface area (Å²) in [6.45, 7) is 0.453. The van der Waals surface area contributed by atoms with Crippen LogP contribution in [0.5, 0.6) is 0 Å². The first kappa shape index (κ1) is 15.3. The van der Waals surface area contributed by atoms with Gasteiger partial charge in [-0.25, -0.2) is 4.68 Å².